The van der Waals surface area contributed by atoms with E-state index in [1.54, 1.807) is 6.07 Å². The first kappa shape index (κ1) is 21.4. The van der Waals surface area contributed by atoms with Crippen molar-refractivity contribution in [3.8, 4) is 0 Å². The lowest BCUT2D eigenvalue weighted by Crippen LogP contribution is -2.36. The summed E-state index contributed by atoms with van der Waals surface area (Å²) in [5, 5.41) is 5.94. The molecule has 0 saturated carbocycles. The van der Waals surface area contributed by atoms with Gasteiger partial charge < -0.3 is 15.5 Å². The highest BCUT2D eigenvalue weighted by molar-refractivity contribution is 5.73. The van der Waals surface area contributed by atoms with E-state index in [-0.39, 0.29) is 17.5 Å². The predicted octanol–water partition coefficient (Wildman–Crippen LogP) is 4.14. The van der Waals surface area contributed by atoms with Gasteiger partial charge in [-0.3, -0.25) is 4.79 Å². The first-order valence-corrected chi connectivity index (χ1v) is 10.6. The summed E-state index contributed by atoms with van der Waals surface area (Å²) in [5.74, 6) is 1.07. The number of anilines is 3. The van der Waals surface area contributed by atoms with Crippen LogP contribution >= 0.6 is 0 Å². The van der Waals surface area contributed by atoms with Crippen molar-refractivity contribution in [3.05, 3.63) is 40.6 Å². The summed E-state index contributed by atoms with van der Waals surface area (Å²) in [4.78, 5) is 22.9. The second-order valence-corrected chi connectivity index (χ2v) is 8.29. The van der Waals surface area contributed by atoms with E-state index in [0.29, 0.717) is 18.2 Å². The first-order chi connectivity index (χ1) is 14.7. The van der Waals surface area contributed by atoms with E-state index in [4.69, 9.17) is 4.98 Å². The van der Waals surface area contributed by atoms with Gasteiger partial charge in [0.05, 0.1) is 11.3 Å². The van der Waals surface area contributed by atoms with Gasteiger partial charge in [-0.05, 0) is 56.7 Å². The quantitative estimate of drug-likeness (QED) is 0.759. The van der Waals surface area contributed by atoms with Crippen molar-refractivity contribution >= 4 is 23.4 Å². The summed E-state index contributed by atoms with van der Waals surface area (Å²) in [6.07, 6.45) is 0.206. The average molecular weight is 433 g/mol. The van der Waals surface area contributed by atoms with Crippen molar-refractivity contribution in [3.63, 3.8) is 0 Å². The fourth-order valence-electron chi connectivity index (χ4n) is 4.38. The lowest BCUT2D eigenvalue weighted by atomic mass is 9.96. The van der Waals surface area contributed by atoms with E-state index in [0.717, 1.165) is 61.8 Å². The van der Waals surface area contributed by atoms with Crippen molar-refractivity contribution in [2.75, 3.05) is 23.3 Å². The number of nitrogens with zero attached hydrogens (tertiary/aromatic N) is 3. The predicted molar refractivity (Wildman–Crippen MR) is 113 cm³/mol. The molecule has 2 aliphatic rings. The van der Waals surface area contributed by atoms with Gasteiger partial charge in [0.2, 0.25) is 11.9 Å². The number of hydrogen-bond acceptors (Lipinski definition) is 5. The van der Waals surface area contributed by atoms with E-state index in [2.05, 4.69) is 20.5 Å². The third kappa shape index (κ3) is 4.75. The molecule has 9 heteroatoms. The largest absolute Gasteiger partial charge is 0.416 e. The Kier molecular flexibility index (Phi) is 5.77. The van der Waals surface area contributed by atoms with Crippen LogP contribution in [0.1, 0.15) is 48.6 Å². The Hall–Kier alpha value is -2.84. The van der Waals surface area contributed by atoms with Gasteiger partial charge in [0.25, 0.3) is 0 Å². The van der Waals surface area contributed by atoms with Crippen molar-refractivity contribution in [2.24, 2.45) is 0 Å². The molecule has 1 saturated heterocycles. The summed E-state index contributed by atoms with van der Waals surface area (Å²) in [6.45, 7) is 4.37. The maximum atomic E-state index is 13.3. The summed E-state index contributed by atoms with van der Waals surface area (Å²) >= 11 is 0. The molecule has 1 aliphatic carbocycles. The van der Waals surface area contributed by atoms with Crippen molar-refractivity contribution in [1.29, 1.82) is 0 Å². The van der Waals surface area contributed by atoms with Crippen LogP contribution in [-0.4, -0.2) is 35.0 Å². The van der Waals surface area contributed by atoms with Crippen molar-refractivity contribution in [2.45, 2.75) is 58.2 Å². The molecule has 1 amide bonds. The van der Waals surface area contributed by atoms with Crippen LogP contribution in [0, 0.1) is 6.92 Å². The van der Waals surface area contributed by atoms with Crippen LogP contribution in [0.3, 0.4) is 0 Å². The molecule has 1 aromatic carbocycles. The van der Waals surface area contributed by atoms with Gasteiger partial charge in [-0.2, -0.15) is 18.2 Å². The van der Waals surface area contributed by atoms with Crippen LogP contribution in [0.5, 0.6) is 0 Å². The number of halogens is 3. The molecule has 2 heterocycles. The number of carbonyl (C=O) groups excluding carboxylic acids is 1. The number of aryl methyl sites for hydroxylation is 2. The summed E-state index contributed by atoms with van der Waals surface area (Å²) in [7, 11) is 0. The highest BCUT2D eigenvalue weighted by atomic mass is 19.4. The van der Waals surface area contributed by atoms with E-state index >= 15 is 0 Å². The number of fused-ring (bicyclic) bond motifs is 1. The average Bonchev–Trinajstić information content (AvgIpc) is 3.15. The van der Waals surface area contributed by atoms with Crippen LogP contribution in [0.25, 0.3) is 0 Å². The maximum absolute atomic E-state index is 13.3. The molecule has 4 rings (SSSR count). The van der Waals surface area contributed by atoms with Crippen molar-refractivity contribution in [1.82, 2.24) is 15.3 Å². The maximum Gasteiger partial charge on any atom is 0.416 e. The fraction of sp³-hybridized carbons (Fsp3) is 0.500. The number of nitrogens with one attached hydrogen (secondary N) is 2. The zero-order chi connectivity index (χ0) is 22.2. The van der Waals surface area contributed by atoms with Crippen LogP contribution < -0.4 is 15.5 Å². The molecule has 31 heavy (non-hydrogen) atoms. The molecule has 1 unspecified atom stereocenters. The number of carbonyl (C=O) groups is 1. The van der Waals surface area contributed by atoms with Crippen LogP contribution in [0.15, 0.2) is 18.2 Å². The zero-order valence-corrected chi connectivity index (χ0v) is 17.6. The molecule has 0 radical (unpaired) electrons. The second-order valence-electron chi connectivity index (χ2n) is 8.29. The molecular weight excluding hydrogens is 407 g/mol. The first-order valence-electron chi connectivity index (χ1n) is 10.6. The Morgan fingerprint density at radius 1 is 1.19 bits per heavy atom. The van der Waals surface area contributed by atoms with Gasteiger partial charge in [0.15, 0.2) is 0 Å². The van der Waals surface area contributed by atoms with Crippen molar-refractivity contribution < 1.29 is 18.0 Å². The second kappa shape index (κ2) is 8.36. The Balaban J connectivity index is 1.64. The van der Waals surface area contributed by atoms with Gasteiger partial charge in [-0.1, -0.05) is 6.07 Å². The lowest BCUT2D eigenvalue weighted by Gasteiger charge is -2.25. The molecule has 1 aliphatic heterocycles. The summed E-state index contributed by atoms with van der Waals surface area (Å²) < 4.78 is 39.9. The zero-order valence-electron chi connectivity index (χ0n) is 17.6. The highest BCUT2D eigenvalue weighted by Gasteiger charge is 2.33. The number of alkyl halides is 3. The topological polar surface area (TPSA) is 70.2 Å². The molecular formula is C22H26F3N5O. The Labute approximate surface area is 179 Å². The number of rotatable bonds is 4. The van der Waals surface area contributed by atoms with Crippen LogP contribution in [-0.2, 0) is 23.8 Å². The van der Waals surface area contributed by atoms with Crippen LogP contribution in [0.2, 0.25) is 0 Å². The molecule has 0 bridgehead atoms. The molecule has 166 valence electrons. The smallest absolute Gasteiger partial charge is 0.354 e. The molecule has 2 N–H and O–H groups in total. The monoisotopic (exact) mass is 433 g/mol. The molecule has 1 aromatic heterocycles. The third-order valence-electron chi connectivity index (χ3n) is 5.86. The Morgan fingerprint density at radius 2 is 1.97 bits per heavy atom. The Bertz CT molecular complexity index is 992. The van der Waals surface area contributed by atoms with Crippen LogP contribution in [0.4, 0.5) is 30.6 Å². The minimum atomic E-state index is -4.42. The number of aromatic nitrogens is 2. The van der Waals surface area contributed by atoms with Gasteiger partial charge >= 0.3 is 6.18 Å². The summed E-state index contributed by atoms with van der Waals surface area (Å²) in [5.41, 5.74) is 1.86. The number of amides is 1. The van der Waals surface area contributed by atoms with E-state index in [1.165, 1.54) is 19.9 Å². The fourth-order valence-corrected chi connectivity index (χ4v) is 4.38. The minimum Gasteiger partial charge on any atom is -0.354 e. The molecule has 0 spiro atoms. The van der Waals surface area contributed by atoms with Gasteiger partial charge in [0.1, 0.15) is 5.82 Å². The number of hydrogen-bond donors (Lipinski definition) is 2. The van der Waals surface area contributed by atoms with E-state index in [9.17, 15) is 18.0 Å². The molecule has 2 aromatic rings. The van der Waals surface area contributed by atoms with Gasteiger partial charge in [0, 0.05) is 37.3 Å². The Morgan fingerprint density at radius 3 is 2.71 bits per heavy atom. The van der Waals surface area contributed by atoms with Gasteiger partial charge in [-0.25, -0.2) is 4.98 Å². The van der Waals surface area contributed by atoms with E-state index in [1.807, 2.05) is 0 Å². The SMILES string of the molecule is CC(=O)NC1CCN(c2nc(Nc3ccc(C)c(C(F)(F)F)c3)nc3c2CCCC3)C1. The highest BCUT2D eigenvalue weighted by Crippen LogP contribution is 2.35. The number of benzene rings is 1. The minimum absolute atomic E-state index is 0.0567. The van der Waals surface area contributed by atoms with E-state index < -0.39 is 11.7 Å². The summed E-state index contributed by atoms with van der Waals surface area (Å²) in [6, 6.07) is 4.22. The van der Waals surface area contributed by atoms with Gasteiger partial charge in [-0.15, -0.1) is 0 Å². The molecule has 6 nitrogen and oxygen atoms in total. The third-order valence-corrected chi connectivity index (χ3v) is 5.86. The molecule has 1 fully saturated rings. The standard InChI is InChI=1S/C22H26F3N5O/c1-13-7-8-15(11-18(13)22(23,24)25)27-21-28-19-6-4-3-5-17(19)20(29-21)30-10-9-16(12-30)26-14(2)31/h7-8,11,16H,3-6,9-10,12H2,1-2H3,(H,26,31)(H,27,28,29). The normalized spacial score (nSPS) is 18.6. The molecule has 1 atom stereocenters. The lowest BCUT2D eigenvalue weighted by molar-refractivity contribution is -0.138.